The summed E-state index contributed by atoms with van der Waals surface area (Å²) in [7, 11) is 0. The second kappa shape index (κ2) is 8.72. The maximum absolute atomic E-state index is 12.2. The predicted octanol–water partition coefficient (Wildman–Crippen LogP) is 2.95. The number of hydrogen-bond acceptors (Lipinski definition) is 4. The normalized spacial score (nSPS) is 14.2. The van der Waals surface area contributed by atoms with Gasteiger partial charge >= 0.3 is 0 Å². The molecule has 5 heteroatoms. The van der Waals surface area contributed by atoms with Crippen LogP contribution in [0.2, 0.25) is 0 Å². The van der Waals surface area contributed by atoms with Crippen LogP contribution in [0.25, 0.3) is 0 Å². The number of anilines is 1. The minimum atomic E-state index is -0.0813. The first-order chi connectivity index (χ1) is 12.6. The van der Waals surface area contributed by atoms with E-state index in [2.05, 4.69) is 24.1 Å². The molecule has 1 amide bonds. The maximum Gasteiger partial charge on any atom is 0.251 e. The minimum absolute atomic E-state index is 0.0813. The molecule has 0 aromatic heterocycles. The highest BCUT2D eigenvalue weighted by molar-refractivity contribution is 5.94. The summed E-state index contributed by atoms with van der Waals surface area (Å²) in [5.74, 6) is 0.749. The van der Waals surface area contributed by atoms with Crippen molar-refractivity contribution < 1.29 is 14.3 Å². The summed E-state index contributed by atoms with van der Waals surface area (Å²) >= 11 is 0. The zero-order valence-electron chi connectivity index (χ0n) is 15.5. The second-order valence-corrected chi connectivity index (χ2v) is 6.50. The standard InChI is InChI=1S/C21H26N2O3/c1-16-3-8-20(15-17(16)2)26-12-9-22-21(24)18-4-6-19(7-5-18)23-10-13-25-14-11-23/h3-8,15H,9-14H2,1-2H3,(H,22,24). The summed E-state index contributed by atoms with van der Waals surface area (Å²) in [6.45, 7) is 8.33. The van der Waals surface area contributed by atoms with Crippen LogP contribution in [0.15, 0.2) is 42.5 Å². The molecule has 1 fully saturated rings. The molecule has 26 heavy (non-hydrogen) atoms. The number of benzene rings is 2. The Morgan fingerprint density at radius 3 is 2.50 bits per heavy atom. The first kappa shape index (κ1) is 18.3. The van der Waals surface area contributed by atoms with Crippen molar-refractivity contribution in [1.29, 1.82) is 0 Å². The number of carbonyl (C=O) groups is 1. The van der Waals surface area contributed by atoms with E-state index in [4.69, 9.17) is 9.47 Å². The topological polar surface area (TPSA) is 50.8 Å². The van der Waals surface area contributed by atoms with Gasteiger partial charge in [0, 0.05) is 24.3 Å². The van der Waals surface area contributed by atoms with E-state index in [9.17, 15) is 4.79 Å². The van der Waals surface area contributed by atoms with Gasteiger partial charge in [-0.05, 0) is 61.4 Å². The minimum Gasteiger partial charge on any atom is -0.492 e. The molecule has 1 heterocycles. The Bertz CT molecular complexity index is 737. The van der Waals surface area contributed by atoms with Crippen molar-refractivity contribution in [1.82, 2.24) is 5.32 Å². The van der Waals surface area contributed by atoms with Crippen LogP contribution in [-0.2, 0) is 4.74 Å². The van der Waals surface area contributed by atoms with E-state index in [1.165, 1.54) is 11.1 Å². The zero-order chi connectivity index (χ0) is 18.4. The molecule has 5 nitrogen and oxygen atoms in total. The number of rotatable bonds is 6. The molecule has 138 valence electrons. The Labute approximate surface area is 154 Å². The second-order valence-electron chi connectivity index (χ2n) is 6.50. The van der Waals surface area contributed by atoms with Gasteiger partial charge in [-0.15, -0.1) is 0 Å². The van der Waals surface area contributed by atoms with Crippen LogP contribution in [0.5, 0.6) is 5.75 Å². The number of ether oxygens (including phenoxy) is 2. The summed E-state index contributed by atoms with van der Waals surface area (Å²) in [5, 5.41) is 2.90. The van der Waals surface area contributed by atoms with Crippen molar-refractivity contribution in [3.8, 4) is 5.75 Å². The molecule has 3 rings (SSSR count). The highest BCUT2D eigenvalue weighted by Gasteiger charge is 2.12. The Morgan fingerprint density at radius 2 is 1.81 bits per heavy atom. The molecule has 1 saturated heterocycles. The van der Waals surface area contributed by atoms with Crippen molar-refractivity contribution in [2.75, 3.05) is 44.4 Å². The van der Waals surface area contributed by atoms with Crippen molar-refractivity contribution in [2.24, 2.45) is 0 Å². The molecule has 0 radical (unpaired) electrons. The first-order valence-electron chi connectivity index (χ1n) is 9.04. The van der Waals surface area contributed by atoms with Gasteiger partial charge in [-0.2, -0.15) is 0 Å². The summed E-state index contributed by atoms with van der Waals surface area (Å²) in [6.07, 6.45) is 0. The van der Waals surface area contributed by atoms with E-state index < -0.39 is 0 Å². The molecule has 2 aromatic carbocycles. The Hall–Kier alpha value is -2.53. The number of nitrogens with one attached hydrogen (secondary N) is 1. The van der Waals surface area contributed by atoms with Crippen molar-refractivity contribution in [3.05, 3.63) is 59.2 Å². The van der Waals surface area contributed by atoms with Gasteiger partial charge in [0.15, 0.2) is 0 Å². The summed E-state index contributed by atoms with van der Waals surface area (Å²) in [5.41, 5.74) is 4.23. The van der Waals surface area contributed by atoms with E-state index >= 15 is 0 Å². The number of hydrogen-bond donors (Lipinski definition) is 1. The molecule has 1 N–H and O–H groups in total. The van der Waals surface area contributed by atoms with E-state index in [0.29, 0.717) is 18.7 Å². The highest BCUT2D eigenvalue weighted by atomic mass is 16.5. The lowest BCUT2D eigenvalue weighted by atomic mass is 10.1. The van der Waals surface area contributed by atoms with Gasteiger partial charge in [-0.1, -0.05) is 6.07 Å². The van der Waals surface area contributed by atoms with Gasteiger partial charge in [-0.3, -0.25) is 4.79 Å². The molecule has 1 aliphatic heterocycles. The summed E-state index contributed by atoms with van der Waals surface area (Å²) < 4.78 is 11.1. The smallest absolute Gasteiger partial charge is 0.251 e. The number of morpholine rings is 1. The van der Waals surface area contributed by atoms with Crippen LogP contribution in [0.1, 0.15) is 21.5 Å². The molecule has 0 atom stereocenters. The lowest BCUT2D eigenvalue weighted by Crippen LogP contribution is -2.36. The quantitative estimate of drug-likeness (QED) is 0.811. The molecule has 0 bridgehead atoms. The molecule has 0 spiro atoms. The number of aryl methyl sites for hydroxylation is 2. The number of amides is 1. The van der Waals surface area contributed by atoms with Gasteiger partial charge in [-0.25, -0.2) is 0 Å². The summed E-state index contributed by atoms with van der Waals surface area (Å²) in [6, 6.07) is 13.7. The van der Waals surface area contributed by atoms with E-state index in [1.54, 1.807) is 0 Å². The number of nitrogens with zero attached hydrogens (tertiary/aromatic N) is 1. The molecule has 0 unspecified atom stereocenters. The average molecular weight is 354 g/mol. The fourth-order valence-corrected chi connectivity index (χ4v) is 2.88. The fraction of sp³-hybridized carbons (Fsp3) is 0.381. The third-order valence-corrected chi connectivity index (χ3v) is 4.64. The lowest BCUT2D eigenvalue weighted by Gasteiger charge is -2.28. The highest BCUT2D eigenvalue weighted by Crippen LogP contribution is 2.17. The molecular formula is C21H26N2O3. The van der Waals surface area contributed by atoms with Crippen LogP contribution < -0.4 is 15.0 Å². The van der Waals surface area contributed by atoms with Crippen LogP contribution in [0.3, 0.4) is 0 Å². The maximum atomic E-state index is 12.2. The van der Waals surface area contributed by atoms with Crippen molar-refractivity contribution >= 4 is 11.6 Å². The van der Waals surface area contributed by atoms with Gasteiger partial charge in [0.2, 0.25) is 0 Å². The van der Waals surface area contributed by atoms with E-state index in [-0.39, 0.29) is 5.91 Å². The van der Waals surface area contributed by atoms with E-state index in [0.717, 1.165) is 37.7 Å². The van der Waals surface area contributed by atoms with Crippen molar-refractivity contribution in [3.63, 3.8) is 0 Å². The third-order valence-electron chi connectivity index (χ3n) is 4.64. The lowest BCUT2D eigenvalue weighted by molar-refractivity contribution is 0.0947. The molecular weight excluding hydrogens is 328 g/mol. The molecule has 2 aromatic rings. The van der Waals surface area contributed by atoms with Crippen LogP contribution in [0.4, 0.5) is 5.69 Å². The van der Waals surface area contributed by atoms with E-state index in [1.807, 2.05) is 42.5 Å². The Balaban J connectivity index is 1.45. The van der Waals surface area contributed by atoms with Crippen LogP contribution >= 0.6 is 0 Å². The molecule has 1 aliphatic rings. The van der Waals surface area contributed by atoms with Crippen molar-refractivity contribution in [2.45, 2.75) is 13.8 Å². The first-order valence-corrected chi connectivity index (χ1v) is 9.04. The predicted molar refractivity (Wildman–Crippen MR) is 103 cm³/mol. The monoisotopic (exact) mass is 354 g/mol. The van der Waals surface area contributed by atoms with Gasteiger partial charge in [0.1, 0.15) is 12.4 Å². The van der Waals surface area contributed by atoms with Gasteiger partial charge in [0.05, 0.1) is 19.8 Å². The van der Waals surface area contributed by atoms with Crippen LogP contribution in [0, 0.1) is 13.8 Å². The fourth-order valence-electron chi connectivity index (χ4n) is 2.88. The molecule has 0 saturated carbocycles. The van der Waals surface area contributed by atoms with Gasteiger partial charge in [0.25, 0.3) is 5.91 Å². The third kappa shape index (κ3) is 4.76. The van der Waals surface area contributed by atoms with Gasteiger partial charge < -0.3 is 19.7 Å². The number of carbonyl (C=O) groups excluding carboxylic acids is 1. The largest absolute Gasteiger partial charge is 0.492 e. The Morgan fingerprint density at radius 1 is 1.08 bits per heavy atom. The summed E-state index contributed by atoms with van der Waals surface area (Å²) in [4.78, 5) is 14.5. The average Bonchev–Trinajstić information content (AvgIpc) is 2.68. The zero-order valence-corrected chi connectivity index (χ0v) is 15.5. The van der Waals surface area contributed by atoms with Crippen LogP contribution in [-0.4, -0.2) is 45.4 Å². The molecule has 0 aliphatic carbocycles. The Kier molecular flexibility index (Phi) is 6.12. The SMILES string of the molecule is Cc1ccc(OCCNC(=O)c2ccc(N3CCOCC3)cc2)cc1C.